The maximum atomic E-state index is 14.1. The van der Waals surface area contributed by atoms with Gasteiger partial charge in [0, 0.05) is 17.3 Å². The standard InChI is InChI=1S/C16H19ClFN3/c1-11-10-21(15-8-7-12(17)9-14(15)18)16(19-11)20-13-5-3-2-4-6-13/h7-10,13H,2-6H2,1H3,(H,19,20). The molecule has 3 nitrogen and oxygen atoms in total. The molecular formula is C16H19ClFN3. The van der Waals surface area contributed by atoms with E-state index in [2.05, 4.69) is 10.3 Å². The Morgan fingerprint density at radius 1 is 1.29 bits per heavy atom. The van der Waals surface area contributed by atoms with Gasteiger partial charge in [-0.15, -0.1) is 0 Å². The lowest BCUT2D eigenvalue weighted by Crippen LogP contribution is -2.24. The van der Waals surface area contributed by atoms with E-state index in [1.165, 1.54) is 25.3 Å². The first-order valence-electron chi connectivity index (χ1n) is 7.41. The molecule has 5 heteroatoms. The molecule has 0 spiro atoms. The second-order valence-corrected chi connectivity index (χ2v) is 6.09. The van der Waals surface area contributed by atoms with Crippen molar-refractivity contribution in [2.45, 2.75) is 45.1 Å². The SMILES string of the molecule is Cc1cn(-c2ccc(Cl)cc2F)c(NC2CCCCC2)n1. The molecule has 1 aromatic carbocycles. The van der Waals surface area contributed by atoms with Crippen LogP contribution in [0.5, 0.6) is 0 Å². The lowest BCUT2D eigenvalue weighted by atomic mass is 9.96. The quantitative estimate of drug-likeness (QED) is 0.889. The monoisotopic (exact) mass is 307 g/mol. The van der Waals surface area contributed by atoms with E-state index in [-0.39, 0.29) is 5.82 Å². The zero-order valence-corrected chi connectivity index (χ0v) is 12.8. The summed E-state index contributed by atoms with van der Waals surface area (Å²) in [5, 5.41) is 3.86. The molecule has 0 atom stereocenters. The predicted octanol–water partition coefficient (Wildman–Crippen LogP) is 4.72. The number of aromatic nitrogens is 2. The van der Waals surface area contributed by atoms with E-state index in [9.17, 15) is 4.39 Å². The van der Waals surface area contributed by atoms with Gasteiger partial charge in [-0.1, -0.05) is 30.9 Å². The summed E-state index contributed by atoms with van der Waals surface area (Å²) in [5.41, 5.74) is 1.33. The summed E-state index contributed by atoms with van der Waals surface area (Å²) in [4.78, 5) is 4.50. The zero-order chi connectivity index (χ0) is 14.8. The van der Waals surface area contributed by atoms with Gasteiger partial charge in [0.05, 0.1) is 11.4 Å². The van der Waals surface area contributed by atoms with E-state index in [0.717, 1.165) is 18.5 Å². The van der Waals surface area contributed by atoms with Crippen molar-refractivity contribution in [2.24, 2.45) is 0 Å². The molecule has 21 heavy (non-hydrogen) atoms. The highest BCUT2D eigenvalue weighted by molar-refractivity contribution is 6.30. The van der Waals surface area contributed by atoms with Gasteiger partial charge in [-0.25, -0.2) is 9.37 Å². The van der Waals surface area contributed by atoms with Crippen LogP contribution in [0.3, 0.4) is 0 Å². The molecule has 112 valence electrons. The molecule has 0 bridgehead atoms. The second kappa shape index (κ2) is 6.06. The second-order valence-electron chi connectivity index (χ2n) is 5.65. The van der Waals surface area contributed by atoms with E-state index < -0.39 is 0 Å². The van der Waals surface area contributed by atoms with Crippen molar-refractivity contribution in [3.63, 3.8) is 0 Å². The highest BCUT2D eigenvalue weighted by atomic mass is 35.5. The van der Waals surface area contributed by atoms with E-state index in [4.69, 9.17) is 11.6 Å². The van der Waals surface area contributed by atoms with E-state index in [0.29, 0.717) is 22.7 Å². The maximum absolute atomic E-state index is 14.1. The first-order valence-corrected chi connectivity index (χ1v) is 7.79. The highest BCUT2D eigenvalue weighted by Gasteiger charge is 2.17. The van der Waals surface area contributed by atoms with Crippen LogP contribution < -0.4 is 5.32 Å². The summed E-state index contributed by atoms with van der Waals surface area (Å²) in [6.45, 7) is 1.91. The minimum Gasteiger partial charge on any atom is -0.353 e. The zero-order valence-electron chi connectivity index (χ0n) is 12.1. The van der Waals surface area contributed by atoms with Gasteiger partial charge in [-0.3, -0.25) is 4.57 Å². The lowest BCUT2D eigenvalue weighted by Gasteiger charge is -2.23. The van der Waals surface area contributed by atoms with E-state index in [1.807, 2.05) is 13.1 Å². The normalized spacial score (nSPS) is 16.1. The molecule has 3 rings (SSSR count). The Balaban J connectivity index is 1.91. The van der Waals surface area contributed by atoms with Crippen molar-refractivity contribution >= 4 is 17.5 Å². The van der Waals surface area contributed by atoms with Crippen molar-refractivity contribution in [3.8, 4) is 5.69 Å². The van der Waals surface area contributed by atoms with Crippen LogP contribution in [0.2, 0.25) is 5.02 Å². The molecule has 0 radical (unpaired) electrons. The lowest BCUT2D eigenvalue weighted by molar-refractivity contribution is 0.460. The van der Waals surface area contributed by atoms with Gasteiger partial charge in [0.2, 0.25) is 5.95 Å². The minimum absolute atomic E-state index is 0.341. The number of hydrogen-bond donors (Lipinski definition) is 1. The minimum atomic E-state index is -0.341. The van der Waals surface area contributed by atoms with Crippen LogP contribution in [0.15, 0.2) is 24.4 Å². The fourth-order valence-corrected chi connectivity index (χ4v) is 3.05. The molecule has 0 saturated heterocycles. The van der Waals surface area contributed by atoms with Gasteiger partial charge in [0.25, 0.3) is 0 Å². The first-order chi connectivity index (χ1) is 10.1. The van der Waals surface area contributed by atoms with Crippen LogP contribution in [0, 0.1) is 12.7 Å². The van der Waals surface area contributed by atoms with Crippen LogP contribution >= 0.6 is 11.6 Å². The number of benzene rings is 1. The number of halogens is 2. The van der Waals surface area contributed by atoms with Gasteiger partial charge in [-0.05, 0) is 38.0 Å². The predicted molar refractivity (Wildman–Crippen MR) is 83.8 cm³/mol. The average molecular weight is 308 g/mol. The fourth-order valence-electron chi connectivity index (χ4n) is 2.89. The number of rotatable bonds is 3. The summed E-state index contributed by atoms with van der Waals surface area (Å²) in [6.07, 6.45) is 7.93. The third-order valence-electron chi connectivity index (χ3n) is 3.93. The molecule has 1 heterocycles. The molecule has 1 saturated carbocycles. The number of nitrogens with zero attached hydrogens (tertiary/aromatic N) is 2. The third kappa shape index (κ3) is 3.21. The van der Waals surface area contributed by atoms with E-state index in [1.54, 1.807) is 16.7 Å². The van der Waals surface area contributed by atoms with Crippen molar-refractivity contribution in [1.29, 1.82) is 0 Å². The largest absolute Gasteiger partial charge is 0.353 e. The van der Waals surface area contributed by atoms with E-state index >= 15 is 0 Å². The topological polar surface area (TPSA) is 29.9 Å². The van der Waals surface area contributed by atoms with Crippen molar-refractivity contribution < 1.29 is 4.39 Å². The number of aryl methyl sites for hydroxylation is 1. The molecule has 0 aliphatic heterocycles. The van der Waals surface area contributed by atoms with Crippen molar-refractivity contribution in [1.82, 2.24) is 9.55 Å². The Morgan fingerprint density at radius 2 is 2.05 bits per heavy atom. The van der Waals surface area contributed by atoms with Crippen LogP contribution in [0.1, 0.15) is 37.8 Å². The summed E-state index contributed by atoms with van der Waals surface area (Å²) in [7, 11) is 0. The molecule has 1 fully saturated rings. The van der Waals surface area contributed by atoms with Crippen molar-refractivity contribution in [3.05, 3.63) is 40.9 Å². The van der Waals surface area contributed by atoms with Gasteiger partial charge in [0.1, 0.15) is 5.82 Å². The first kappa shape index (κ1) is 14.4. The molecule has 1 aromatic heterocycles. The van der Waals surface area contributed by atoms with Crippen LogP contribution in [-0.2, 0) is 0 Å². The molecule has 0 unspecified atom stereocenters. The van der Waals surface area contributed by atoms with Crippen LogP contribution in [-0.4, -0.2) is 15.6 Å². The van der Waals surface area contributed by atoms with Gasteiger partial charge >= 0.3 is 0 Å². The molecule has 2 aromatic rings. The van der Waals surface area contributed by atoms with Crippen LogP contribution in [0.25, 0.3) is 5.69 Å². The smallest absolute Gasteiger partial charge is 0.208 e. The number of hydrogen-bond acceptors (Lipinski definition) is 2. The Labute approximate surface area is 129 Å². The maximum Gasteiger partial charge on any atom is 0.208 e. The summed E-state index contributed by atoms with van der Waals surface area (Å²) in [6, 6.07) is 5.14. The molecule has 1 aliphatic rings. The molecule has 1 N–H and O–H groups in total. The van der Waals surface area contributed by atoms with Gasteiger partial charge < -0.3 is 5.32 Å². The Bertz CT molecular complexity index is 632. The molecular weight excluding hydrogens is 289 g/mol. The summed E-state index contributed by atoms with van der Waals surface area (Å²) >= 11 is 5.82. The average Bonchev–Trinajstić information content (AvgIpc) is 2.80. The summed E-state index contributed by atoms with van der Waals surface area (Å²) < 4.78 is 15.9. The van der Waals surface area contributed by atoms with Gasteiger partial charge in [0.15, 0.2) is 0 Å². The number of nitrogens with one attached hydrogen (secondary N) is 1. The number of imidazole rings is 1. The van der Waals surface area contributed by atoms with Crippen molar-refractivity contribution in [2.75, 3.05) is 5.32 Å². The van der Waals surface area contributed by atoms with Gasteiger partial charge in [-0.2, -0.15) is 0 Å². The Kier molecular flexibility index (Phi) is 4.15. The Hall–Kier alpha value is -1.55. The van der Waals surface area contributed by atoms with Crippen LogP contribution in [0.4, 0.5) is 10.3 Å². The highest BCUT2D eigenvalue weighted by Crippen LogP contribution is 2.25. The Morgan fingerprint density at radius 3 is 2.76 bits per heavy atom. The third-order valence-corrected chi connectivity index (χ3v) is 4.17. The molecule has 0 amide bonds. The fraction of sp³-hybridized carbons (Fsp3) is 0.438. The number of anilines is 1. The summed E-state index contributed by atoms with van der Waals surface area (Å²) in [5.74, 6) is 0.368. The molecule has 1 aliphatic carbocycles.